The summed E-state index contributed by atoms with van der Waals surface area (Å²) < 4.78 is 0. The van der Waals surface area contributed by atoms with Crippen LogP contribution in [0.25, 0.3) is 0 Å². The fourth-order valence-electron chi connectivity index (χ4n) is 3.26. The van der Waals surface area contributed by atoms with E-state index in [4.69, 9.17) is 0 Å². The standard InChI is InChI=1S/C19H25NS/c1-13-8-11-19(21-13)15(3)20-14(2)17-10-9-16-6-4-5-7-18(16)12-17/h8-12,14-15,20H,4-7H2,1-3H3. The number of nitrogens with one attached hydrogen (secondary N) is 1. The Morgan fingerprint density at radius 1 is 0.952 bits per heavy atom. The number of hydrogen-bond donors (Lipinski definition) is 1. The lowest BCUT2D eigenvalue weighted by molar-refractivity contribution is 0.499. The molecule has 21 heavy (non-hydrogen) atoms. The Hall–Kier alpha value is -1.12. The van der Waals surface area contributed by atoms with E-state index in [1.165, 1.54) is 41.0 Å². The molecule has 0 spiro atoms. The van der Waals surface area contributed by atoms with Crippen molar-refractivity contribution in [3.63, 3.8) is 0 Å². The highest BCUT2D eigenvalue weighted by Gasteiger charge is 2.15. The number of benzene rings is 1. The molecule has 0 fully saturated rings. The molecule has 0 saturated carbocycles. The maximum Gasteiger partial charge on any atom is 0.0391 e. The summed E-state index contributed by atoms with van der Waals surface area (Å²) in [4.78, 5) is 2.82. The van der Waals surface area contributed by atoms with Crippen molar-refractivity contribution < 1.29 is 0 Å². The van der Waals surface area contributed by atoms with Crippen LogP contribution in [0.3, 0.4) is 0 Å². The van der Waals surface area contributed by atoms with E-state index in [0.29, 0.717) is 12.1 Å². The lowest BCUT2D eigenvalue weighted by Gasteiger charge is -2.22. The highest BCUT2D eigenvalue weighted by Crippen LogP contribution is 2.28. The molecule has 0 saturated heterocycles. The fraction of sp³-hybridized carbons (Fsp3) is 0.474. The molecule has 0 radical (unpaired) electrons. The minimum atomic E-state index is 0.398. The van der Waals surface area contributed by atoms with Gasteiger partial charge in [0.05, 0.1) is 0 Å². The van der Waals surface area contributed by atoms with Crippen LogP contribution < -0.4 is 5.32 Å². The average Bonchev–Trinajstić information content (AvgIpc) is 2.93. The summed E-state index contributed by atoms with van der Waals surface area (Å²) in [7, 11) is 0. The normalized spacial score (nSPS) is 17.3. The molecule has 1 aromatic carbocycles. The van der Waals surface area contributed by atoms with E-state index in [1.54, 1.807) is 11.1 Å². The van der Waals surface area contributed by atoms with Gasteiger partial charge in [-0.25, -0.2) is 0 Å². The maximum atomic E-state index is 3.74. The van der Waals surface area contributed by atoms with E-state index in [0.717, 1.165) is 0 Å². The second-order valence-electron chi connectivity index (χ2n) is 6.29. The molecule has 1 aliphatic rings. The van der Waals surface area contributed by atoms with E-state index in [2.05, 4.69) is 56.4 Å². The predicted molar refractivity (Wildman–Crippen MR) is 92.1 cm³/mol. The van der Waals surface area contributed by atoms with Crippen LogP contribution >= 0.6 is 11.3 Å². The molecular weight excluding hydrogens is 274 g/mol. The molecule has 1 aromatic heterocycles. The largest absolute Gasteiger partial charge is 0.303 e. The molecule has 0 aliphatic heterocycles. The lowest BCUT2D eigenvalue weighted by Crippen LogP contribution is -2.22. The molecule has 2 atom stereocenters. The van der Waals surface area contributed by atoms with E-state index in [1.807, 2.05) is 11.3 Å². The minimum absolute atomic E-state index is 0.398. The number of hydrogen-bond acceptors (Lipinski definition) is 2. The zero-order chi connectivity index (χ0) is 14.8. The van der Waals surface area contributed by atoms with Crippen LogP contribution in [0.2, 0.25) is 0 Å². The molecule has 1 nitrogen and oxygen atoms in total. The Bertz CT molecular complexity index is 614. The predicted octanol–water partition coefficient (Wildman–Crippen LogP) is 5.35. The van der Waals surface area contributed by atoms with E-state index in [9.17, 15) is 0 Å². The van der Waals surface area contributed by atoms with Gasteiger partial charge in [0.25, 0.3) is 0 Å². The Morgan fingerprint density at radius 2 is 1.71 bits per heavy atom. The Balaban J connectivity index is 1.71. The molecule has 0 bridgehead atoms. The molecule has 2 aromatic rings. The van der Waals surface area contributed by atoms with Crippen molar-refractivity contribution in [1.82, 2.24) is 5.32 Å². The van der Waals surface area contributed by atoms with Gasteiger partial charge in [0, 0.05) is 21.8 Å². The smallest absolute Gasteiger partial charge is 0.0391 e. The third-order valence-corrected chi connectivity index (χ3v) is 5.74. The Labute approximate surface area is 132 Å². The summed E-state index contributed by atoms with van der Waals surface area (Å²) in [5.41, 5.74) is 4.57. The molecule has 0 amide bonds. The topological polar surface area (TPSA) is 12.0 Å². The van der Waals surface area contributed by atoms with Crippen LogP contribution in [0.1, 0.15) is 65.2 Å². The molecule has 3 rings (SSSR count). The summed E-state index contributed by atoms with van der Waals surface area (Å²) in [5, 5.41) is 3.74. The monoisotopic (exact) mass is 299 g/mol. The van der Waals surface area contributed by atoms with Crippen LogP contribution in [-0.4, -0.2) is 0 Å². The number of thiophene rings is 1. The number of aryl methyl sites for hydroxylation is 3. The minimum Gasteiger partial charge on any atom is -0.303 e. The zero-order valence-electron chi connectivity index (χ0n) is 13.3. The molecule has 1 heterocycles. The summed E-state index contributed by atoms with van der Waals surface area (Å²) >= 11 is 1.89. The second kappa shape index (κ2) is 6.33. The molecule has 2 heteroatoms. The van der Waals surface area contributed by atoms with Crippen molar-refractivity contribution >= 4 is 11.3 Å². The molecule has 112 valence electrons. The molecular formula is C19H25NS. The summed E-state index contributed by atoms with van der Waals surface area (Å²) in [6.07, 6.45) is 5.23. The average molecular weight is 299 g/mol. The van der Waals surface area contributed by atoms with Gasteiger partial charge < -0.3 is 5.32 Å². The van der Waals surface area contributed by atoms with Crippen molar-refractivity contribution in [2.24, 2.45) is 0 Å². The maximum absolute atomic E-state index is 3.74. The lowest BCUT2D eigenvalue weighted by atomic mass is 9.89. The van der Waals surface area contributed by atoms with Gasteiger partial charge in [0.15, 0.2) is 0 Å². The van der Waals surface area contributed by atoms with Gasteiger partial charge >= 0.3 is 0 Å². The molecule has 1 N–H and O–H groups in total. The summed E-state index contributed by atoms with van der Waals surface area (Å²) in [6.45, 7) is 6.72. The first-order valence-corrected chi connectivity index (χ1v) is 8.89. The second-order valence-corrected chi connectivity index (χ2v) is 7.61. The van der Waals surface area contributed by atoms with E-state index < -0.39 is 0 Å². The van der Waals surface area contributed by atoms with Crippen LogP contribution in [0, 0.1) is 6.92 Å². The zero-order valence-corrected chi connectivity index (χ0v) is 14.1. The van der Waals surface area contributed by atoms with Gasteiger partial charge in [-0.1, -0.05) is 18.2 Å². The molecule has 1 aliphatic carbocycles. The first kappa shape index (κ1) is 14.8. The fourth-order valence-corrected chi connectivity index (χ4v) is 4.15. The summed E-state index contributed by atoms with van der Waals surface area (Å²) in [5.74, 6) is 0. The first-order valence-electron chi connectivity index (χ1n) is 8.07. The number of rotatable bonds is 4. The van der Waals surface area contributed by atoms with Crippen LogP contribution in [0.5, 0.6) is 0 Å². The van der Waals surface area contributed by atoms with Crippen LogP contribution in [-0.2, 0) is 12.8 Å². The van der Waals surface area contributed by atoms with Crippen molar-refractivity contribution in [3.8, 4) is 0 Å². The van der Waals surface area contributed by atoms with Gasteiger partial charge in [-0.3, -0.25) is 0 Å². The quantitative estimate of drug-likeness (QED) is 0.802. The Morgan fingerprint density at radius 3 is 2.43 bits per heavy atom. The summed E-state index contributed by atoms with van der Waals surface area (Å²) in [6, 6.07) is 12.4. The Kier molecular flexibility index (Phi) is 4.46. The van der Waals surface area contributed by atoms with Crippen molar-refractivity contribution in [2.75, 3.05) is 0 Å². The van der Waals surface area contributed by atoms with Gasteiger partial charge in [-0.05, 0) is 75.3 Å². The first-order chi connectivity index (χ1) is 10.1. The van der Waals surface area contributed by atoms with Crippen molar-refractivity contribution in [2.45, 2.75) is 58.5 Å². The highest BCUT2D eigenvalue weighted by molar-refractivity contribution is 7.12. The van der Waals surface area contributed by atoms with E-state index >= 15 is 0 Å². The molecule has 2 unspecified atom stereocenters. The van der Waals surface area contributed by atoms with Crippen LogP contribution in [0.15, 0.2) is 30.3 Å². The SMILES string of the molecule is Cc1ccc(C(C)NC(C)c2ccc3c(c2)CCCC3)s1. The van der Waals surface area contributed by atoms with Crippen molar-refractivity contribution in [1.29, 1.82) is 0 Å². The highest BCUT2D eigenvalue weighted by atomic mass is 32.1. The van der Waals surface area contributed by atoms with Gasteiger partial charge in [-0.15, -0.1) is 11.3 Å². The number of fused-ring (bicyclic) bond motifs is 1. The van der Waals surface area contributed by atoms with Gasteiger partial charge in [0.2, 0.25) is 0 Å². The van der Waals surface area contributed by atoms with Crippen molar-refractivity contribution in [3.05, 3.63) is 56.8 Å². The third kappa shape index (κ3) is 3.38. The van der Waals surface area contributed by atoms with Gasteiger partial charge in [0.1, 0.15) is 0 Å². The van der Waals surface area contributed by atoms with E-state index in [-0.39, 0.29) is 0 Å². The van der Waals surface area contributed by atoms with Gasteiger partial charge in [-0.2, -0.15) is 0 Å². The van der Waals surface area contributed by atoms with Crippen LogP contribution in [0.4, 0.5) is 0 Å². The third-order valence-electron chi connectivity index (χ3n) is 4.56.